The van der Waals surface area contributed by atoms with Gasteiger partial charge in [-0.3, -0.25) is 0 Å². The maximum atomic E-state index is 12.6. The fourth-order valence-corrected chi connectivity index (χ4v) is 2.59. The summed E-state index contributed by atoms with van der Waals surface area (Å²) in [5, 5.41) is 3.97. The second-order valence-electron chi connectivity index (χ2n) is 5.60. The Hall–Kier alpha value is -3.00. The van der Waals surface area contributed by atoms with Crippen molar-refractivity contribution in [2.24, 2.45) is 0 Å². The van der Waals surface area contributed by atoms with Gasteiger partial charge in [-0.15, -0.1) is 0 Å². The molecule has 0 N–H and O–H groups in total. The van der Waals surface area contributed by atoms with Gasteiger partial charge in [0.15, 0.2) is 0 Å². The SMILES string of the molecule is COc1ccc(-c2noc(/C(Cl)=C/c3ccc(C(F)(F)F)cc3)n2)c(OC)c1. The highest BCUT2D eigenvalue weighted by atomic mass is 35.5. The first kappa shape index (κ1) is 19.8. The van der Waals surface area contributed by atoms with E-state index in [1.165, 1.54) is 32.4 Å². The Morgan fingerprint density at radius 2 is 1.79 bits per heavy atom. The van der Waals surface area contributed by atoms with Crippen LogP contribution in [0, 0.1) is 0 Å². The second kappa shape index (κ2) is 7.93. The number of hydrogen-bond acceptors (Lipinski definition) is 5. The van der Waals surface area contributed by atoms with Gasteiger partial charge in [0.1, 0.15) is 16.5 Å². The van der Waals surface area contributed by atoms with E-state index < -0.39 is 11.7 Å². The fourth-order valence-electron chi connectivity index (χ4n) is 2.39. The first-order valence-electron chi connectivity index (χ1n) is 7.92. The maximum absolute atomic E-state index is 12.6. The molecule has 0 saturated carbocycles. The van der Waals surface area contributed by atoms with Crippen molar-refractivity contribution in [2.45, 2.75) is 6.18 Å². The number of hydrogen-bond donors (Lipinski definition) is 0. The second-order valence-corrected chi connectivity index (χ2v) is 6.01. The molecule has 5 nitrogen and oxygen atoms in total. The lowest BCUT2D eigenvalue weighted by atomic mass is 10.1. The molecule has 3 rings (SSSR count). The van der Waals surface area contributed by atoms with Gasteiger partial charge in [-0.25, -0.2) is 0 Å². The molecule has 146 valence electrons. The molecule has 9 heteroatoms. The van der Waals surface area contributed by atoms with E-state index in [1.54, 1.807) is 18.2 Å². The number of aromatic nitrogens is 2. The van der Waals surface area contributed by atoms with Crippen LogP contribution in [0.1, 0.15) is 17.0 Å². The summed E-state index contributed by atoms with van der Waals surface area (Å²) in [7, 11) is 3.03. The van der Waals surface area contributed by atoms with Crippen LogP contribution < -0.4 is 9.47 Å². The molecule has 0 unspecified atom stereocenters. The lowest BCUT2D eigenvalue weighted by Gasteiger charge is -2.07. The number of ether oxygens (including phenoxy) is 2. The van der Waals surface area contributed by atoms with Crippen molar-refractivity contribution >= 4 is 22.7 Å². The van der Waals surface area contributed by atoms with Crippen LogP contribution in [0.25, 0.3) is 22.5 Å². The molecular weight excluding hydrogens is 397 g/mol. The number of alkyl halides is 3. The van der Waals surface area contributed by atoms with Crippen LogP contribution in [0.4, 0.5) is 13.2 Å². The van der Waals surface area contributed by atoms with Crippen LogP contribution >= 0.6 is 11.6 Å². The Bertz CT molecular complexity index is 998. The number of benzene rings is 2. The minimum atomic E-state index is -4.40. The van der Waals surface area contributed by atoms with Crippen molar-refractivity contribution in [3.8, 4) is 22.9 Å². The molecule has 0 bridgehead atoms. The molecular formula is C19H14ClF3N2O3. The molecule has 0 fully saturated rings. The van der Waals surface area contributed by atoms with Crippen molar-refractivity contribution < 1.29 is 27.2 Å². The number of rotatable bonds is 5. The van der Waals surface area contributed by atoms with Gasteiger partial charge >= 0.3 is 6.18 Å². The van der Waals surface area contributed by atoms with E-state index in [9.17, 15) is 13.2 Å². The first-order valence-corrected chi connectivity index (χ1v) is 8.30. The summed E-state index contributed by atoms with van der Waals surface area (Å²) in [6, 6.07) is 9.64. The van der Waals surface area contributed by atoms with E-state index in [0.717, 1.165) is 12.1 Å². The van der Waals surface area contributed by atoms with Crippen molar-refractivity contribution in [2.75, 3.05) is 14.2 Å². The highest BCUT2D eigenvalue weighted by Crippen LogP contribution is 2.33. The van der Waals surface area contributed by atoms with Crippen LogP contribution in [-0.4, -0.2) is 24.4 Å². The van der Waals surface area contributed by atoms with Crippen LogP contribution in [0.2, 0.25) is 0 Å². The zero-order chi connectivity index (χ0) is 20.3. The molecule has 0 aliphatic carbocycles. The predicted octanol–water partition coefficient (Wildman–Crippen LogP) is 5.51. The normalized spacial score (nSPS) is 12.1. The monoisotopic (exact) mass is 410 g/mol. The lowest BCUT2D eigenvalue weighted by Crippen LogP contribution is -2.03. The van der Waals surface area contributed by atoms with Gasteiger partial charge in [0.25, 0.3) is 5.89 Å². The van der Waals surface area contributed by atoms with Crippen LogP contribution in [0.5, 0.6) is 11.5 Å². The summed E-state index contributed by atoms with van der Waals surface area (Å²) in [5.41, 5.74) is 0.282. The van der Waals surface area contributed by atoms with Gasteiger partial charge in [-0.2, -0.15) is 18.2 Å². The van der Waals surface area contributed by atoms with Crippen LogP contribution in [0.3, 0.4) is 0 Å². The van der Waals surface area contributed by atoms with Crippen LogP contribution in [-0.2, 0) is 6.18 Å². The van der Waals surface area contributed by atoms with Gasteiger partial charge in [0.05, 0.1) is 25.3 Å². The van der Waals surface area contributed by atoms with Gasteiger partial charge < -0.3 is 14.0 Å². The highest BCUT2D eigenvalue weighted by molar-refractivity contribution is 6.50. The smallest absolute Gasteiger partial charge is 0.416 e. The summed E-state index contributed by atoms with van der Waals surface area (Å²) in [6.07, 6.45) is -2.96. The lowest BCUT2D eigenvalue weighted by molar-refractivity contribution is -0.137. The third kappa shape index (κ3) is 4.28. The average molecular weight is 411 g/mol. The Morgan fingerprint density at radius 3 is 2.39 bits per heavy atom. The molecule has 2 aromatic carbocycles. The van der Waals surface area contributed by atoms with E-state index >= 15 is 0 Å². The number of halogens is 4. The molecule has 28 heavy (non-hydrogen) atoms. The quantitative estimate of drug-likeness (QED) is 0.555. The molecule has 0 atom stereocenters. The standard InChI is InChI=1S/C19H14ClF3N2O3/c1-26-13-7-8-14(16(10-13)27-2)17-24-18(28-25-17)15(20)9-11-3-5-12(6-4-11)19(21,22)23/h3-10H,1-2H3/b15-9-. The topological polar surface area (TPSA) is 57.4 Å². The molecule has 0 amide bonds. The Labute approximate surface area is 163 Å². The van der Waals surface area contributed by atoms with E-state index in [4.69, 9.17) is 25.6 Å². The summed E-state index contributed by atoms with van der Waals surface area (Å²) in [6.45, 7) is 0. The number of methoxy groups -OCH3 is 2. The molecule has 3 aromatic rings. The Balaban J connectivity index is 1.86. The number of nitrogens with zero attached hydrogens (tertiary/aromatic N) is 2. The summed E-state index contributed by atoms with van der Waals surface area (Å²) in [5.74, 6) is 1.35. The van der Waals surface area contributed by atoms with Crippen molar-refractivity contribution in [3.63, 3.8) is 0 Å². The fraction of sp³-hybridized carbons (Fsp3) is 0.158. The van der Waals surface area contributed by atoms with Gasteiger partial charge in [-0.1, -0.05) is 28.9 Å². The van der Waals surface area contributed by atoms with E-state index in [0.29, 0.717) is 22.6 Å². The zero-order valence-electron chi connectivity index (χ0n) is 14.7. The Kier molecular flexibility index (Phi) is 5.60. The van der Waals surface area contributed by atoms with E-state index in [2.05, 4.69) is 10.1 Å². The van der Waals surface area contributed by atoms with E-state index in [1.807, 2.05) is 0 Å². The first-order chi connectivity index (χ1) is 13.3. The molecule has 1 aromatic heterocycles. The summed E-state index contributed by atoms with van der Waals surface area (Å²) in [4.78, 5) is 4.22. The van der Waals surface area contributed by atoms with Crippen molar-refractivity contribution in [3.05, 3.63) is 59.5 Å². The maximum Gasteiger partial charge on any atom is 0.416 e. The molecule has 1 heterocycles. The highest BCUT2D eigenvalue weighted by Gasteiger charge is 2.29. The minimum absolute atomic E-state index is 0.0226. The van der Waals surface area contributed by atoms with Crippen molar-refractivity contribution in [1.29, 1.82) is 0 Å². The van der Waals surface area contributed by atoms with Gasteiger partial charge in [0, 0.05) is 6.07 Å². The molecule has 0 saturated heterocycles. The third-order valence-electron chi connectivity index (χ3n) is 3.81. The molecule has 0 radical (unpaired) electrons. The van der Waals surface area contributed by atoms with Gasteiger partial charge in [-0.05, 0) is 35.9 Å². The molecule has 0 aliphatic rings. The van der Waals surface area contributed by atoms with Crippen molar-refractivity contribution in [1.82, 2.24) is 10.1 Å². The Morgan fingerprint density at radius 1 is 1.07 bits per heavy atom. The van der Waals surface area contributed by atoms with Gasteiger partial charge in [0.2, 0.25) is 5.82 Å². The van der Waals surface area contributed by atoms with Crippen LogP contribution in [0.15, 0.2) is 47.0 Å². The molecule has 0 spiro atoms. The molecule has 0 aliphatic heterocycles. The zero-order valence-corrected chi connectivity index (χ0v) is 15.5. The third-order valence-corrected chi connectivity index (χ3v) is 4.08. The van der Waals surface area contributed by atoms with E-state index in [-0.39, 0.29) is 16.7 Å². The summed E-state index contributed by atoms with van der Waals surface area (Å²) >= 11 is 6.18. The average Bonchev–Trinajstić information content (AvgIpc) is 3.17. The predicted molar refractivity (Wildman–Crippen MR) is 98.0 cm³/mol. The largest absolute Gasteiger partial charge is 0.497 e. The minimum Gasteiger partial charge on any atom is -0.497 e. The summed E-state index contributed by atoms with van der Waals surface area (Å²) < 4.78 is 53.5.